The first-order valence-corrected chi connectivity index (χ1v) is 5.14. The zero-order valence-electron chi connectivity index (χ0n) is 8.77. The van der Waals surface area contributed by atoms with Crippen molar-refractivity contribution < 1.29 is 9.22 Å². The van der Waals surface area contributed by atoms with Gasteiger partial charge in [0.05, 0.1) is 32.3 Å². The topological polar surface area (TPSA) is 21.3 Å². The Morgan fingerprint density at radius 2 is 1.92 bits per heavy atom. The zero-order valence-corrected chi connectivity index (χ0v) is 9.52. The van der Waals surface area contributed by atoms with Crippen molar-refractivity contribution >= 4 is 11.8 Å². The molecule has 78 valence electrons. The molecule has 1 rings (SSSR count). The maximum atomic E-state index is 5.68. The fourth-order valence-corrected chi connectivity index (χ4v) is 1.99. The van der Waals surface area contributed by atoms with Gasteiger partial charge < -0.3 is 9.22 Å². The minimum absolute atomic E-state index is 0.00630. The Labute approximate surface area is 85.7 Å². The molecule has 0 saturated carbocycles. The number of hydrogen-bond acceptors (Lipinski definition) is 2. The average Bonchev–Trinajstić information content (AvgIpc) is 2.04. The highest BCUT2D eigenvalue weighted by molar-refractivity contribution is 6.13. The van der Waals surface area contributed by atoms with Crippen molar-refractivity contribution in [2.24, 2.45) is 0 Å². The van der Waals surface area contributed by atoms with Gasteiger partial charge in [0.2, 0.25) is 0 Å². The summed E-state index contributed by atoms with van der Waals surface area (Å²) in [5, 5.41) is 0. The summed E-state index contributed by atoms with van der Waals surface area (Å²) in [5.74, 6) is 0. The molecule has 0 aliphatic carbocycles. The maximum absolute atomic E-state index is 5.68. The van der Waals surface area contributed by atoms with Crippen LogP contribution in [0.4, 0.5) is 0 Å². The molecule has 1 fully saturated rings. The van der Waals surface area contributed by atoms with Crippen LogP contribution in [0.1, 0.15) is 13.8 Å². The highest BCUT2D eigenvalue weighted by Gasteiger charge is 2.32. The Bertz CT molecular complexity index is 167. The second kappa shape index (κ2) is 4.13. The number of likely N-dealkylation sites (N-methyl/N-ethyl adjacent to an activating group) is 1. The van der Waals surface area contributed by atoms with Gasteiger partial charge in [-0.25, -0.2) is 4.84 Å². The summed E-state index contributed by atoms with van der Waals surface area (Å²) in [6, 6.07) is 0. The van der Waals surface area contributed by atoms with Crippen molar-refractivity contribution in [3.63, 3.8) is 0 Å². The number of nitrogens with one attached hydrogen (secondary N) is 1. The van der Waals surface area contributed by atoms with Crippen LogP contribution in [0, 0.1) is 0 Å². The SMILES string of the molecule is CC(C)(C[N+]1(C)CCOCC1)NCl. The molecule has 0 spiro atoms. The molecule has 1 saturated heterocycles. The molecule has 0 amide bonds. The van der Waals surface area contributed by atoms with Gasteiger partial charge >= 0.3 is 0 Å². The summed E-state index contributed by atoms with van der Waals surface area (Å²) in [6.45, 7) is 9.20. The third kappa shape index (κ3) is 3.43. The largest absolute Gasteiger partial charge is 0.370 e. The molecule has 0 bridgehead atoms. The van der Waals surface area contributed by atoms with Gasteiger partial charge in [-0.2, -0.15) is 0 Å². The van der Waals surface area contributed by atoms with E-state index in [-0.39, 0.29) is 5.54 Å². The molecule has 1 aliphatic heterocycles. The molecule has 0 aromatic heterocycles. The smallest absolute Gasteiger partial charge is 0.102 e. The quantitative estimate of drug-likeness (QED) is 0.551. The van der Waals surface area contributed by atoms with E-state index in [2.05, 4.69) is 25.7 Å². The summed E-state index contributed by atoms with van der Waals surface area (Å²) < 4.78 is 6.39. The summed E-state index contributed by atoms with van der Waals surface area (Å²) in [5.41, 5.74) is -0.00630. The molecule has 0 aromatic carbocycles. The molecule has 0 aromatic rings. The van der Waals surface area contributed by atoms with Gasteiger partial charge in [0.1, 0.15) is 13.1 Å². The predicted molar refractivity (Wildman–Crippen MR) is 54.7 cm³/mol. The first-order valence-electron chi connectivity index (χ1n) is 4.77. The molecule has 1 N–H and O–H groups in total. The summed E-state index contributed by atoms with van der Waals surface area (Å²) >= 11 is 5.68. The number of morpholine rings is 1. The molecule has 4 heteroatoms. The third-order valence-corrected chi connectivity index (χ3v) is 3.10. The number of ether oxygens (including phenoxy) is 1. The van der Waals surface area contributed by atoms with Crippen LogP contribution in [0.25, 0.3) is 0 Å². The molecule has 3 nitrogen and oxygen atoms in total. The van der Waals surface area contributed by atoms with Gasteiger partial charge in [-0.15, -0.1) is 0 Å². The van der Waals surface area contributed by atoms with Gasteiger partial charge in [-0.1, -0.05) is 0 Å². The van der Waals surface area contributed by atoms with E-state index in [1.165, 1.54) is 0 Å². The summed E-state index contributed by atoms with van der Waals surface area (Å²) in [6.07, 6.45) is 0. The van der Waals surface area contributed by atoms with Crippen molar-refractivity contribution in [2.75, 3.05) is 39.9 Å². The third-order valence-electron chi connectivity index (χ3n) is 2.58. The first-order chi connectivity index (χ1) is 5.97. The Morgan fingerprint density at radius 3 is 2.38 bits per heavy atom. The van der Waals surface area contributed by atoms with Crippen LogP contribution in [0.2, 0.25) is 0 Å². The van der Waals surface area contributed by atoms with E-state index in [0.29, 0.717) is 0 Å². The van der Waals surface area contributed by atoms with E-state index < -0.39 is 0 Å². The molecule has 13 heavy (non-hydrogen) atoms. The van der Waals surface area contributed by atoms with E-state index in [1.54, 1.807) is 0 Å². The van der Waals surface area contributed by atoms with Crippen LogP contribution in [0.15, 0.2) is 0 Å². The van der Waals surface area contributed by atoms with Gasteiger partial charge in [0.25, 0.3) is 0 Å². The fraction of sp³-hybridized carbons (Fsp3) is 1.00. The van der Waals surface area contributed by atoms with Gasteiger partial charge in [-0.05, 0) is 25.6 Å². The maximum Gasteiger partial charge on any atom is 0.102 e. The second-order valence-corrected chi connectivity index (χ2v) is 5.00. The molecule has 0 radical (unpaired) electrons. The van der Waals surface area contributed by atoms with Gasteiger partial charge in [0.15, 0.2) is 0 Å². The predicted octanol–water partition coefficient (Wildman–Crippen LogP) is 0.985. The van der Waals surface area contributed by atoms with Crippen LogP contribution >= 0.6 is 11.8 Å². The lowest BCUT2D eigenvalue weighted by molar-refractivity contribution is -0.919. The molecule has 0 unspecified atom stereocenters. The lowest BCUT2D eigenvalue weighted by Gasteiger charge is -2.42. The van der Waals surface area contributed by atoms with E-state index in [4.69, 9.17) is 16.5 Å². The second-order valence-electron chi connectivity index (χ2n) is 4.82. The van der Waals surface area contributed by atoms with Crippen LogP contribution in [0.5, 0.6) is 0 Å². The Morgan fingerprint density at radius 1 is 1.38 bits per heavy atom. The minimum atomic E-state index is -0.00630. The normalized spacial score (nSPS) is 23.1. The molecule has 0 atom stereocenters. The van der Waals surface area contributed by atoms with Crippen molar-refractivity contribution in [1.82, 2.24) is 4.84 Å². The Kier molecular flexibility index (Phi) is 3.57. The lowest BCUT2D eigenvalue weighted by Crippen LogP contribution is -2.59. The van der Waals surface area contributed by atoms with E-state index >= 15 is 0 Å². The van der Waals surface area contributed by atoms with Crippen molar-refractivity contribution in [1.29, 1.82) is 0 Å². The highest BCUT2D eigenvalue weighted by Crippen LogP contribution is 2.15. The average molecular weight is 208 g/mol. The van der Waals surface area contributed by atoms with Gasteiger partial charge in [-0.3, -0.25) is 0 Å². The minimum Gasteiger partial charge on any atom is -0.370 e. The zero-order chi connectivity index (χ0) is 9.95. The number of quaternary nitrogens is 1. The highest BCUT2D eigenvalue weighted by atomic mass is 35.5. The fourth-order valence-electron chi connectivity index (χ4n) is 1.93. The van der Waals surface area contributed by atoms with Crippen molar-refractivity contribution in [2.45, 2.75) is 19.4 Å². The standard InChI is InChI=1S/C9H20ClN2O/c1-9(2,11-10)8-12(3)4-6-13-7-5-12/h11H,4-8H2,1-3H3/q+1. The molecule has 1 aliphatic rings. The lowest BCUT2D eigenvalue weighted by atomic mass is 10.1. The molecular weight excluding hydrogens is 188 g/mol. The van der Waals surface area contributed by atoms with Crippen molar-refractivity contribution in [3.8, 4) is 0 Å². The van der Waals surface area contributed by atoms with E-state index in [1.807, 2.05) is 0 Å². The Hall–Kier alpha value is 0.170. The van der Waals surface area contributed by atoms with Crippen molar-refractivity contribution in [3.05, 3.63) is 0 Å². The van der Waals surface area contributed by atoms with E-state index in [0.717, 1.165) is 37.3 Å². The summed E-state index contributed by atoms with van der Waals surface area (Å²) in [4.78, 5) is 2.83. The Balaban J connectivity index is 2.49. The monoisotopic (exact) mass is 207 g/mol. The summed E-state index contributed by atoms with van der Waals surface area (Å²) in [7, 11) is 2.26. The van der Waals surface area contributed by atoms with Gasteiger partial charge in [0, 0.05) is 0 Å². The number of hydrogen-bond donors (Lipinski definition) is 1. The number of nitrogens with zero attached hydrogens (tertiary/aromatic N) is 1. The van der Waals surface area contributed by atoms with Crippen LogP contribution in [-0.4, -0.2) is 49.9 Å². The van der Waals surface area contributed by atoms with Crippen LogP contribution in [0.3, 0.4) is 0 Å². The van der Waals surface area contributed by atoms with Crippen LogP contribution in [-0.2, 0) is 4.74 Å². The molecular formula is C9H20ClN2O+. The molecule has 1 heterocycles. The number of rotatable bonds is 3. The number of halogens is 1. The first kappa shape index (κ1) is 11.2. The van der Waals surface area contributed by atoms with E-state index in [9.17, 15) is 0 Å². The van der Waals surface area contributed by atoms with Crippen LogP contribution < -0.4 is 4.84 Å².